The van der Waals surface area contributed by atoms with E-state index in [-0.39, 0.29) is 5.95 Å². The zero-order valence-corrected chi connectivity index (χ0v) is 5.06. The van der Waals surface area contributed by atoms with Gasteiger partial charge in [0.15, 0.2) is 0 Å². The molecule has 10 heavy (non-hydrogen) atoms. The van der Waals surface area contributed by atoms with E-state index in [0.717, 1.165) is 0 Å². The molecule has 1 aromatic heterocycles. The van der Waals surface area contributed by atoms with Crippen LogP contribution in [0.3, 0.4) is 0 Å². The van der Waals surface area contributed by atoms with Crippen molar-refractivity contribution in [3.8, 4) is 0 Å². The van der Waals surface area contributed by atoms with Gasteiger partial charge in [0.2, 0.25) is 0 Å². The Bertz CT molecular complexity index is 222. The standard InChI is InChI=1S/C5H5N4O/c6-4(10)9-5-7-2-1-3-8-5/h1-3H,(H2,6,10). The summed E-state index contributed by atoms with van der Waals surface area (Å²) in [7, 11) is 0. The Balaban J connectivity index is 2.67. The van der Waals surface area contributed by atoms with Crippen molar-refractivity contribution in [2.45, 2.75) is 0 Å². The minimum Gasteiger partial charge on any atom is -0.350 e. The molecule has 0 unspecified atom stereocenters. The number of urea groups is 1. The largest absolute Gasteiger partial charge is 0.350 e. The first kappa shape index (κ1) is 6.47. The summed E-state index contributed by atoms with van der Waals surface area (Å²) in [4.78, 5) is 17.4. The monoisotopic (exact) mass is 137 g/mol. The van der Waals surface area contributed by atoms with Crippen LogP contribution in [0.2, 0.25) is 0 Å². The van der Waals surface area contributed by atoms with Gasteiger partial charge in [0.1, 0.15) is 0 Å². The first-order valence-electron chi connectivity index (χ1n) is 2.57. The fourth-order valence-corrected chi connectivity index (χ4v) is 0.448. The van der Waals surface area contributed by atoms with Crippen molar-refractivity contribution in [3.05, 3.63) is 18.5 Å². The minimum absolute atomic E-state index is 0.0926. The molecule has 0 bridgehead atoms. The number of carbonyl (C=O) groups excluding carboxylic acids is 1. The van der Waals surface area contributed by atoms with E-state index < -0.39 is 6.03 Å². The predicted molar refractivity (Wildman–Crippen MR) is 33.4 cm³/mol. The van der Waals surface area contributed by atoms with E-state index >= 15 is 0 Å². The molecule has 1 radical (unpaired) electrons. The third kappa shape index (κ3) is 1.70. The highest BCUT2D eigenvalue weighted by Gasteiger charge is 1.97. The molecule has 1 rings (SSSR count). The zero-order chi connectivity index (χ0) is 7.40. The Morgan fingerprint density at radius 3 is 2.60 bits per heavy atom. The first-order valence-corrected chi connectivity index (χ1v) is 2.57. The van der Waals surface area contributed by atoms with Gasteiger partial charge in [0, 0.05) is 12.4 Å². The van der Waals surface area contributed by atoms with Crippen LogP contribution in [0.15, 0.2) is 18.5 Å². The van der Waals surface area contributed by atoms with Gasteiger partial charge in [-0.05, 0) is 6.07 Å². The zero-order valence-electron chi connectivity index (χ0n) is 5.06. The molecule has 0 spiro atoms. The third-order valence-electron chi connectivity index (χ3n) is 0.762. The Morgan fingerprint density at radius 1 is 1.50 bits per heavy atom. The van der Waals surface area contributed by atoms with Crippen LogP contribution >= 0.6 is 0 Å². The molecule has 1 heterocycles. The van der Waals surface area contributed by atoms with Gasteiger partial charge in [0.05, 0.1) is 0 Å². The second-order valence-corrected chi connectivity index (χ2v) is 1.50. The molecule has 2 amide bonds. The summed E-state index contributed by atoms with van der Waals surface area (Å²) in [5.74, 6) is 0.0926. The van der Waals surface area contributed by atoms with Crippen molar-refractivity contribution in [1.82, 2.24) is 15.3 Å². The van der Waals surface area contributed by atoms with E-state index in [2.05, 4.69) is 15.3 Å². The number of carbonyl (C=O) groups is 1. The molecule has 0 aliphatic heterocycles. The Labute approximate surface area is 57.3 Å². The summed E-state index contributed by atoms with van der Waals surface area (Å²) >= 11 is 0. The van der Waals surface area contributed by atoms with Gasteiger partial charge in [-0.15, -0.1) is 0 Å². The molecule has 0 aromatic carbocycles. The Hall–Kier alpha value is -1.65. The van der Waals surface area contributed by atoms with Crippen LogP contribution < -0.4 is 11.1 Å². The number of primary amides is 1. The van der Waals surface area contributed by atoms with Gasteiger partial charge in [-0.25, -0.2) is 14.8 Å². The van der Waals surface area contributed by atoms with E-state index in [1.54, 1.807) is 6.07 Å². The quantitative estimate of drug-likeness (QED) is 0.581. The SMILES string of the molecule is NC(=O)[N]c1ncccn1. The lowest BCUT2D eigenvalue weighted by atomic mass is 10.7. The molecular weight excluding hydrogens is 132 g/mol. The van der Waals surface area contributed by atoms with Gasteiger partial charge in [-0.3, -0.25) is 0 Å². The highest BCUT2D eigenvalue weighted by Crippen LogP contribution is 1.91. The molecule has 1 aromatic rings. The molecule has 2 N–H and O–H groups in total. The van der Waals surface area contributed by atoms with Gasteiger partial charge < -0.3 is 5.73 Å². The van der Waals surface area contributed by atoms with Crippen molar-refractivity contribution >= 4 is 12.0 Å². The van der Waals surface area contributed by atoms with Crippen molar-refractivity contribution in [3.63, 3.8) is 0 Å². The molecule has 5 nitrogen and oxygen atoms in total. The average molecular weight is 137 g/mol. The number of aromatic nitrogens is 2. The molecule has 0 atom stereocenters. The van der Waals surface area contributed by atoms with Crippen molar-refractivity contribution in [2.24, 2.45) is 5.73 Å². The van der Waals surface area contributed by atoms with Gasteiger partial charge in [0.25, 0.3) is 5.95 Å². The topological polar surface area (TPSA) is 83.0 Å². The highest BCUT2D eigenvalue weighted by molar-refractivity contribution is 5.74. The Morgan fingerprint density at radius 2 is 2.10 bits per heavy atom. The van der Waals surface area contributed by atoms with Crippen LogP contribution in [-0.2, 0) is 0 Å². The summed E-state index contributed by atoms with van der Waals surface area (Å²) in [5, 5.41) is 3.28. The normalized spacial score (nSPS) is 8.80. The van der Waals surface area contributed by atoms with Crippen LogP contribution in [0, 0.1) is 0 Å². The van der Waals surface area contributed by atoms with Crippen molar-refractivity contribution in [2.75, 3.05) is 0 Å². The van der Waals surface area contributed by atoms with E-state index in [0.29, 0.717) is 0 Å². The first-order chi connectivity index (χ1) is 4.79. The second-order valence-electron chi connectivity index (χ2n) is 1.50. The van der Waals surface area contributed by atoms with Crippen LogP contribution in [0.1, 0.15) is 0 Å². The average Bonchev–Trinajstić information content (AvgIpc) is 1.88. The van der Waals surface area contributed by atoms with E-state index in [9.17, 15) is 4.79 Å². The molecule has 0 fully saturated rings. The fourth-order valence-electron chi connectivity index (χ4n) is 0.448. The maximum Gasteiger partial charge on any atom is 0.341 e. The molecule has 5 heteroatoms. The van der Waals surface area contributed by atoms with E-state index in [1.807, 2.05) is 0 Å². The number of hydrogen-bond acceptors (Lipinski definition) is 3. The van der Waals surface area contributed by atoms with Crippen LogP contribution in [0.5, 0.6) is 0 Å². The maximum absolute atomic E-state index is 10.1. The minimum atomic E-state index is -0.786. The van der Waals surface area contributed by atoms with Gasteiger partial charge >= 0.3 is 6.03 Å². The van der Waals surface area contributed by atoms with Crippen molar-refractivity contribution in [1.29, 1.82) is 0 Å². The van der Waals surface area contributed by atoms with Gasteiger partial charge in [-0.2, -0.15) is 5.32 Å². The van der Waals surface area contributed by atoms with E-state index in [4.69, 9.17) is 5.73 Å². The lowest BCUT2D eigenvalue weighted by Gasteiger charge is -1.91. The van der Waals surface area contributed by atoms with Crippen LogP contribution in [0.25, 0.3) is 0 Å². The number of amides is 2. The number of rotatable bonds is 1. The smallest absolute Gasteiger partial charge is 0.341 e. The summed E-state index contributed by atoms with van der Waals surface area (Å²) in [6.07, 6.45) is 2.96. The molecule has 0 saturated carbocycles. The highest BCUT2D eigenvalue weighted by atomic mass is 16.2. The summed E-state index contributed by atoms with van der Waals surface area (Å²) < 4.78 is 0. The summed E-state index contributed by atoms with van der Waals surface area (Å²) in [6, 6.07) is 0.839. The molecule has 51 valence electrons. The van der Waals surface area contributed by atoms with Crippen LogP contribution in [-0.4, -0.2) is 16.0 Å². The lowest BCUT2D eigenvalue weighted by Crippen LogP contribution is -2.19. The van der Waals surface area contributed by atoms with E-state index in [1.165, 1.54) is 12.4 Å². The number of nitrogens with two attached hydrogens (primary N) is 1. The van der Waals surface area contributed by atoms with Crippen molar-refractivity contribution < 1.29 is 4.79 Å². The number of hydrogen-bond donors (Lipinski definition) is 1. The third-order valence-corrected chi connectivity index (χ3v) is 0.762. The lowest BCUT2D eigenvalue weighted by molar-refractivity contribution is 0.251. The maximum atomic E-state index is 10.1. The van der Waals surface area contributed by atoms with Crippen LogP contribution in [0.4, 0.5) is 10.7 Å². The van der Waals surface area contributed by atoms with Gasteiger partial charge in [-0.1, -0.05) is 0 Å². The molecule has 0 aliphatic carbocycles. The molecular formula is C5H5N4O. The fraction of sp³-hybridized carbons (Fsp3) is 0. The molecule has 0 aliphatic rings. The Kier molecular flexibility index (Phi) is 1.79. The summed E-state index contributed by atoms with van der Waals surface area (Å²) in [5.41, 5.74) is 4.74. The molecule has 0 saturated heterocycles. The predicted octanol–water partition coefficient (Wildman–Crippen LogP) is -0.209. The second kappa shape index (κ2) is 2.77. The summed E-state index contributed by atoms with van der Waals surface area (Å²) in [6.45, 7) is 0. The number of nitrogens with zero attached hydrogens (tertiary/aromatic N) is 3.